The van der Waals surface area contributed by atoms with E-state index in [1.54, 1.807) is 28.9 Å². The number of carbonyl (C=O) groups is 1. The van der Waals surface area contributed by atoms with Gasteiger partial charge in [0.15, 0.2) is 6.61 Å². The summed E-state index contributed by atoms with van der Waals surface area (Å²) < 4.78 is 6.67. The van der Waals surface area contributed by atoms with Gasteiger partial charge >= 0.3 is 5.97 Å². The average molecular weight is 391 g/mol. The van der Waals surface area contributed by atoms with Gasteiger partial charge in [0.25, 0.3) is 0 Å². The van der Waals surface area contributed by atoms with Crippen LogP contribution in [-0.2, 0) is 4.74 Å². The maximum Gasteiger partial charge on any atom is 0.349 e. The molecule has 0 radical (unpaired) electrons. The summed E-state index contributed by atoms with van der Waals surface area (Å²) in [6, 6.07) is 10.7. The van der Waals surface area contributed by atoms with Crippen LogP contribution in [0.2, 0.25) is 5.02 Å². The quantitative estimate of drug-likeness (QED) is 0.378. The van der Waals surface area contributed by atoms with Crippen molar-refractivity contribution >= 4 is 40.7 Å². The van der Waals surface area contributed by atoms with E-state index in [2.05, 4.69) is 27.4 Å². The molecule has 2 aromatic heterocycles. The predicted octanol–water partition coefficient (Wildman–Crippen LogP) is 3.33. The van der Waals surface area contributed by atoms with E-state index in [0.717, 1.165) is 5.69 Å². The number of halogens is 1. The molecule has 0 aliphatic rings. The third kappa shape index (κ3) is 4.82. The highest BCUT2D eigenvalue weighted by atomic mass is 35.5. The first-order valence-corrected chi connectivity index (χ1v) is 9.32. The van der Waals surface area contributed by atoms with Gasteiger partial charge < -0.3 is 4.74 Å². The van der Waals surface area contributed by atoms with Crippen LogP contribution in [0.5, 0.6) is 0 Å². The first-order chi connectivity index (χ1) is 12.2. The monoisotopic (exact) mass is 390 g/mol. The minimum atomic E-state index is -0.358. The lowest BCUT2D eigenvalue weighted by Gasteiger charge is -2.02. The molecule has 0 amide bonds. The highest BCUT2D eigenvalue weighted by Crippen LogP contribution is 2.19. The lowest BCUT2D eigenvalue weighted by molar-refractivity contribution is 0.0562. The Hall–Kier alpha value is -2.34. The maximum absolute atomic E-state index is 11.6. The lowest BCUT2D eigenvalue weighted by Crippen LogP contribution is -2.02. The fourth-order valence-corrected chi connectivity index (χ4v) is 3.19. The predicted molar refractivity (Wildman–Crippen MR) is 97.3 cm³/mol. The molecule has 6 nitrogen and oxygen atoms in total. The summed E-state index contributed by atoms with van der Waals surface area (Å²) in [6.07, 6.45) is 0. The maximum atomic E-state index is 11.6. The van der Waals surface area contributed by atoms with Crippen molar-refractivity contribution in [2.75, 3.05) is 12.4 Å². The smallest absolute Gasteiger partial charge is 0.349 e. The number of tetrazole rings is 1. The number of aromatic nitrogens is 4. The summed E-state index contributed by atoms with van der Waals surface area (Å²) in [5, 5.41) is 14.7. The van der Waals surface area contributed by atoms with E-state index in [4.69, 9.17) is 16.3 Å². The van der Waals surface area contributed by atoms with Crippen molar-refractivity contribution in [1.82, 2.24) is 20.2 Å². The number of nitrogens with zero attached hydrogens (tertiary/aromatic N) is 4. The molecule has 1 aromatic carbocycles. The second kappa shape index (κ2) is 8.67. The van der Waals surface area contributed by atoms with E-state index in [9.17, 15) is 4.79 Å². The van der Waals surface area contributed by atoms with Gasteiger partial charge in [-0.3, -0.25) is 0 Å². The molecule has 0 atom stereocenters. The van der Waals surface area contributed by atoms with Gasteiger partial charge in [-0.05, 0) is 46.1 Å². The van der Waals surface area contributed by atoms with Gasteiger partial charge in [0.05, 0.1) is 11.4 Å². The van der Waals surface area contributed by atoms with Crippen molar-refractivity contribution in [3.05, 3.63) is 51.7 Å². The number of thioether (sulfide) groups is 1. The normalized spacial score (nSPS) is 10.1. The first-order valence-electron chi connectivity index (χ1n) is 7.07. The van der Waals surface area contributed by atoms with Gasteiger partial charge in [0.2, 0.25) is 5.16 Å². The Morgan fingerprint density at radius 1 is 1.28 bits per heavy atom. The number of ether oxygens (including phenoxy) is 1. The van der Waals surface area contributed by atoms with Gasteiger partial charge in [-0.25, -0.2) is 4.79 Å². The van der Waals surface area contributed by atoms with E-state index in [-0.39, 0.29) is 12.6 Å². The van der Waals surface area contributed by atoms with E-state index in [1.807, 2.05) is 17.5 Å². The van der Waals surface area contributed by atoms with E-state index >= 15 is 0 Å². The van der Waals surface area contributed by atoms with Gasteiger partial charge in [0.1, 0.15) is 4.88 Å². The minimum absolute atomic E-state index is 0.0550. The molecule has 9 heteroatoms. The molecule has 3 rings (SSSR count). The molecule has 0 aliphatic carbocycles. The van der Waals surface area contributed by atoms with Gasteiger partial charge in [-0.1, -0.05) is 41.3 Å². The van der Waals surface area contributed by atoms with E-state index in [1.165, 1.54) is 23.1 Å². The fourth-order valence-electron chi connectivity index (χ4n) is 1.78. The summed E-state index contributed by atoms with van der Waals surface area (Å²) in [5.41, 5.74) is 0.815. The molecule has 3 aromatic rings. The van der Waals surface area contributed by atoms with E-state index < -0.39 is 0 Å². The molecule has 2 heterocycles. The first kappa shape index (κ1) is 17.5. The highest BCUT2D eigenvalue weighted by Gasteiger charge is 2.08. The Bertz CT molecular complexity index is 898. The Morgan fingerprint density at radius 3 is 2.88 bits per heavy atom. The largest absolute Gasteiger partial charge is 0.448 e. The molecule has 0 unspecified atom stereocenters. The third-order valence-electron chi connectivity index (χ3n) is 2.91. The van der Waals surface area contributed by atoms with Crippen LogP contribution in [0.3, 0.4) is 0 Å². The Balaban J connectivity index is 1.50. The molecule has 0 fully saturated rings. The number of esters is 1. The summed E-state index contributed by atoms with van der Waals surface area (Å²) in [7, 11) is 0. The summed E-state index contributed by atoms with van der Waals surface area (Å²) in [6.45, 7) is 0.0550. The zero-order valence-corrected chi connectivity index (χ0v) is 15.1. The van der Waals surface area contributed by atoms with Crippen LogP contribution in [0.1, 0.15) is 9.67 Å². The second-order valence-corrected chi connectivity index (χ2v) is 6.87. The van der Waals surface area contributed by atoms with Crippen molar-refractivity contribution in [3.63, 3.8) is 0 Å². The summed E-state index contributed by atoms with van der Waals surface area (Å²) in [4.78, 5) is 12.2. The second-order valence-electron chi connectivity index (χ2n) is 4.55. The van der Waals surface area contributed by atoms with Crippen molar-refractivity contribution in [2.45, 2.75) is 5.16 Å². The molecular weight excluding hydrogens is 380 g/mol. The Morgan fingerprint density at radius 2 is 2.12 bits per heavy atom. The van der Waals surface area contributed by atoms with Crippen LogP contribution in [0.25, 0.3) is 5.69 Å². The molecule has 126 valence electrons. The van der Waals surface area contributed by atoms with Crippen LogP contribution in [0.15, 0.2) is 46.9 Å². The van der Waals surface area contributed by atoms with Crippen molar-refractivity contribution in [1.29, 1.82) is 0 Å². The van der Waals surface area contributed by atoms with E-state index in [0.29, 0.717) is 20.8 Å². The summed E-state index contributed by atoms with van der Waals surface area (Å²) >= 11 is 8.61. The molecule has 0 aliphatic heterocycles. The van der Waals surface area contributed by atoms with Crippen molar-refractivity contribution in [3.8, 4) is 17.5 Å². The number of benzene rings is 1. The van der Waals surface area contributed by atoms with Crippen molar-refractivity contribution < 1.29 is 9.53 Å². The van der Waals surface area contributed by atoms with Gasteiger partial charge in [-0.15, -0.1) is 16.4 Å². The Kier molecular flexibility index (Phi) is 6.06. The highest BCUT2D eigenvalue weighted by molar-refractivity contribution is 7.99. The standard InChI is InChI=1S/C16H11ClN4O2S2/c17-12-5-7-13(8-6-12)21-16(18-19-20-21)25-10-2-1-9-23-15(22)14-4-3-11-24-14/h3-8,11H,9-10H2. The Labute approximate surface area is 157 Å². The van der Waals surface area contributed by atoms with Crippen molar-refractivity contribution in [2.24, 2.45) is 0 Å². The zero-order valence-electron chi connectivity index (χ0n) is 12.8. The van der Waals surface area contributed by atoms with Crippen LogP contribution >= 0.6 is 34.7 Å². The molecule has 0 saturated heterocycles. The molecular formula is C16H11ClN4O2S2. The third-order valence-corrected chi connectivity index (χ3v) is 4.81. The molecule has 0 bridgehead atoms. The molecule has 0 spiro atoms. The van der Waals surface area contributed by atoms with Gasteiger partial charge in [0, 0.05) is 5.02 Å². The van der Waals surface area contributed by atoms with Crippen LogP contribution < -0.4 is 0 Å². The van der Waals surface area contributed by atoms with Crippen LogP contribution in [0.4, 0.5) is 0 Å². The van der Waals surface area contributed by atoms with Gasteiger partial charge in [-0.2, -0.15) is 4.68 Å². The van der Waals surface area contributed by atoms with Crippen LogP contribution in [0, 0.1) is 11.8 Å². The SMILES string of the molecule is O=C(OCC#CCSc1nnnn1-c1ccc(Cl)cc1)c1cccs1. The topological polar surface area (TPSA) is 69.9 Å². The fraction of sp³-hybridized carbons (Fsp3) is 0.125. The molecule has 0 N–H and O–H groups in total. The zero-order chi connectivity index (χ0) is 17.5. The summed E-state index contributed by atoms with van der Waals surface area (Å²) in [5.74, 6) is 5.84. The van der Waals surface area contributed by atoms with Crippen LogP contribution in [-0.4, -0.2) is 38.5 Å². The lowest BCUT2D eigenvalue weighted by atomic mass is 10.3. The number of hydrogen-bond acceptors (Lipinski definition) is 7. The number of rotatable bonds is 5. The number of carbonyl (C=O) groups excluding carboxylic acids is 1. The number of thiophene rings is 1. The molecule has 0 saturated carbocycles. The average Bonchev–Trinajstić information content (AvgIpc) is 3.30. The molecule has 25 heavy (non-hydrogen) atoms. The number of hydrogen-bond donors (Lipinski definition) is 0. The minimum Gasteiger partial charge on any atom is -0.448 e.